The van der Waals surface area contributed by atoms with Crippen molar-refractivity contribution in [2.75, 3.05) is 0 Å². The molecule has 1 unspecified atom stereocenters. The van der Waals surface area contributed by atoms with E-state index in [0.717, 1.165) is 12.0 Å². The van der Waals surface area contributed by atoms with Gasteiger partial charge in [-0.3, -0.25) is 0 Å². The Bertz CT molecular complexity index is 342. The summed E-state index contributed by atoms with van der Waals surface area (Å²) in [5.41, 5.74) is 0.0854. The van der Waals surface area contributed by atoms with E-state index in [9.17, 15) is 5.11 Å². The van der Waals surface area contributed by atoms with Gasteiger partial charge in [0.2, 0.25) is 0 Å². The van der Waals surface area contributed by atoms with Gasteiger partial charge in [-0.2, -0.15) is 0 Å². The summed E-state index contributed by atoms with van der Waals surface area (Å²) in [5, 5.41) is 11.1. The molecule has 1 aliphatic rings. The van der Waals surface area contributed by atoms with E-state index in [1.807, 2.05) is 31.2 Å². The topological polar surface area (TPSA) is 20.2 Å². The monoisotopic (exact) mass is 224 g/mol. The molecular weight excluding hydrogens is 208 g/mol. The van der Waals surface area contributed by atoms with Crippen LogP contribution in [-0.2, 0) is 5.60 Å². The number of rotatable bonds is 3. The van der Waals surface area contributed by atoms with Gasteiger partial charge in [0.25, 0.3) is 0 Å². The van der Waals surface area contributed by atoms with E-state index < -0.39 is 5.60 Å². The zero-order valence-corrected chi connectivity index (χ0v) is 9.80. The van der Waals surface area contributed by atoms with Gasteiger partial charge in [0.1, 0.15) is 0 Å². The molecule has 1 saturated carbocycles. The van der Waals surface area contributed by atoms with Crippen LogP contribution in [0.5, 0.6) is 0 Å². The van der Waals surface area contributed by atoms with Crippen LogP contribution < -0.4 is 0 Å². The zero-order chi connectivity index (χ0) is 10.9. The van der Waals surface area contributed by atoms with Crippen molar-refractivity contribution in [1.29, 1.82) is 0 Å². The predicted octanol–water partition coefficient (Wildman–Crippen LogP) is 3.74. The van der Waals surface area contributed by atoms with Gasteiger partial charge in [0.05, 0.1) is 5.60 Å². The van der Waals surface area contributed by atoms with Gasteiger partial charge >= 0.3 is 0 Å². The van der Waals surface area contributed by atoms with Crippen molar-refractivity contribution >= 4 is 11.6 Å². The predicted molar refractivity (Wildman–Crippen MR) is 63.0 cm³/mol. The quantitative estimate of drug-likeness (QED) is 0.830. The molecule has 0 aliphatic heterocycles. The second kappa shape index (κ2) is 4.15. The van der Waals surface area contributed by atoms with Gasteiger partial charge in [0.15, 0.2) is 0 Å². The highest BCUT2D eigenvalue weighted by Crippen LogP contribution is 2.39. The van der Waals surface area contributed by atoms with Gasteiger partial charge in [-0.05, 0) is 25.3 Å². The van der Waals surface area contributed by atoms with E-state index in [-0.39, 0.29) is 0 Å². The molecular formula is C13H17ClO. The summed E-state index contributed by atoms with van der Waals surface area (Å²) in [7, 11) is 0. The number of hydrogen-bond acceptors (Lipinski definition) is 1. The van der Waals surface area contributed by atoms with Crippen LogP contribution in [0.3, 0.4) is 0 Å². The summed E-state index contributed by atoms with van der Waals surface area (Å²) in [6.07, 6.45) is 4.64. The smallest absolute Gasteiger partial charge is 0.0885 e. The lowest BCUT2D eigenvalue weighted by molar-refractivity contribution is 0.0162. The summed E-state index contributed by atoms with van der Waals surface area (Å²) in [6, 6.07) is 7.58. The number of hydrogen-bond donors (Lipinski definition) is 1. The van der Waals surface area contributed by atoms with Crippen molar-refractivity contribution < 1.29 is 5.11 Å². The van der Waals surface area contributed by atoms with Crippen LogP contribution in [0.1, 0.15) is 38.2 Å². The number of aliphatic hydroxyl groups is 1. The lowest BCUT2D eigenvalue weighted by atomic mass is 9.76. The first-order valence-electron chi connectivity index (χ1n) is 5.57. The van der Waals surface area contributed by atoms with Gasteiger partial charge in [0, 0.05) is 10.6 Å². The largest absolute Gasteiger partial charge is 0.385 e. The normalized spacial score (nSPS) is 20.7. The summed E-state index contributed by atoms with van der Waals surface area (Å²) < 4.78 is 0. The Morgan fingerprint density at radius 3 is 2.60 bits per heavy atom. The fraction of sp³-hybridized carbons (Fsp3) is 0.538. The summed E-state index contributed by atoms with van der Waals surface area (Å²) in [4.78, 5) is 0. The van der Waals surface area contributed by atoms with Crippen molar-refractivity contribution in [1.82, 2.24) is 0 Å². The molecule has 0 spiro atoms. The van der Waals surface area contributed by atoms with Crippen LogP contribution in [-0.4, -0.2) is 5.11 Å². The van der Waals surface area contributed by atoms with Crippen molar-refractivity contribution in [3.8, 4) is 0 Å². The lowest BCUT2D eigenvalue weighted by Crippen LogP contribution is -2.28. The molecule has 0 bridgehead atoms. The molecule has 0 heterocycles. The van der Waals surface area contributed by atoms with E-state index in [4.69, 9.17) is 11.6 Å². The van der Waals surface area contributed by atoms with Crippen molar-refractivity contribution in [3.05, 3.63) is 34.9 Å². The minimum Gasteiger partial charge on any atom is -0.385 e. The molecule has 82 valence electrons. The standard InChI is InChI=1S/C13H17ClO/c1-13(15,9-10-5-4-6-10)11-7-2-3-8-12(11)14/h2-3,7-8,10,15H,4-6,9H2,1H3. The van der Waals surface area contributed by atoms with Crippen molar-refractivity contribution in [2.45, 2.75) is 38.2 Å². The third-order valence-electron chi connectivity index (χ3n) is 3.36. The second-order valence-electron chi connectivity index (χ2n) is 4.75. The first-order valence-corrected chi connectivity index (χ1v) is 5.95. The molecule has 15 heavy (non-hydrogen) atoms. The first kappa shape index (κ1) is 11.0. The highest BCUT2D eigenvalue weighted by molar-refractivity contribution is 6.31. The Labute approximate surface area is 96.1 Å². The summed E-state index contributed by atoms with van der Waals surface area (Å²) >= 11 is 6.09. The lowest BCUT2D eigenvalue weighted by Gasteiger charge is -2.34. The summed E-state index contributed by atoms with van der Waals surface area (Å²) in [5.74, 6) is 0.677. The highest BCUT2D eigenvalue weighted by Gasteiger charge is 2.31. The first-order chi connectivity index (χ1) is 7.09. The number of halogens is 1. The maximum atomic E-state index is 10.4. The molecule has 1 atom stereocenters. The van der Waals surface area contributed by atoms with Crippen LogP contribution in [0.25, 0.3) is 0 Å². The minimum atomic E-state index is -0.774. The molecule has 1 fully saturated rings. The van der Waals surface area contributed by atoms with E-state index in [2.05, 4.69) is 0 Å². The van der Waals surface area contributed by atoms with Gasteiger partial charge < -0.3 is 5.11 Å². The molecule has 1 nitrogen and oxygen atoms in total. The van der Waals surface area contributed by atoms with Gasteiger partial charge in [-0.25, -0.2) is 0 Å². The van der Waals surface area contributed by atoms with Crippen LogP contribution >= 0.6 is 11.6 Å². The zero-order valence-electron chi connectivity index (χ0n) is 9.04. The summed E-state index contributed by atoms with van der Waals surface area (Å²) in [6.45, 7) is 1.87. The SMILES string of the molecule is CC(O)(CC1CCC1)c1ccccc1Cl. The van der Waals surface area contributed by atoms with E-state index in [1.54, 1.807) is 0 Å². The Morgan fingerprint density at radius 1 is 1.40 bits per heavy atom. The van der Waals surface area contributed by atoms with E-state index >= 15 is 0 Å². The van der Waals surface area contributed by atoms with Crippen LogP contribution in [0.2, 0.25) is 5.02 Å². The van der Waals surface area contributed by atoms with Crippen LogP contribution in [0, 0.1) is 5.92 Å². The molecule has 1 aromatic rings. The molecule has 0 aromatic heterocycles. The maximum absolute atomic E-state index is 10.4. The fourth-order valence-electron chi connectivity index (χ4n) is 2.27. The van der Waals surface area contributed by atoms with E-state index in [1.165, 1.54) is 19.3 Å². The Hall–Kier alpha value is -0.530. The molecule has 1 N–H and O–H groups in total. The van der Waals surface area contributed by atoms with Gasteiger partial charge in [-0.15, -0.1) is 0 Å². The Kier molecular flexibility index (Phi) is 3.03. The Morgan fingerprint density at radius 2 is 2.07 bits per heavy atom. The van der Waals surface area contributed by atoms with Gasteiger partial charge in [-0.1, -0.05) is 49.1 Å². The van der Waals surface area contributed by atoms with Crippen LogP contribution in [0.4, 0.5) is 0 Å². The molecule has 1 aromatic carbocycles. The molecule has 2 heteroatoms. The maximum Gasteiger partial charge on any atom is 0.0885 e. The highest BCUT2D eigenvalue weighted by atomic mass is 35.5. The molecule has 2 rings (SSSR count). The minimum absolute atomic E-state index is 0.668. The van der Waals surface area contributed by atoms with Crippen LogP contribution in [0.15, 0.2) is 24.3 Å². The third-order valence-corrected chi connectivity index (χ3v) is 3.69. The average molecular weight is 225 g/mol. The molecule has 1 aliphatic carbocycles. The average Bonchev–Trinajstić information content (AvgIpc) is 2.12. The Balaban J connectivity index is 2.16. The fourth-order valence-corrected chi connectivity index (χ4v) is 2.61. The second-order valence-corrected chi connectivity index (χ2v) is 5.16. The molecule has 0 saturated heterocycles. The molecule has 0 radical (unpaired) electrons. The van der Waals surface area contributed by atoms with Crippen molar-refractivity contribution in [3.63, 3.8) is 0 Å². The van der Waals surface area contributed by atoms with E-state index in [0.29, 0.717) is 10.9 Å². The number of benzene rings is 1. The molecule has 0 amide bonds. The third kappa shape index (κ3) is 2.35. The van der Waals surface area contributed by atoms with Crippen molar-refractivity contribution in [2.24, 2.45) is 5.92 Å².